The summed E-state index contributed by atoms with van der Waals surface area (Å²) in [6.45, 7) is 0. The van der Waals surface area contributed by atoms with Crippen molar-refractivity contribution in [2.45, 2.75) is 0 Å². The van der Waals surface area contributed by atoms with Crippen molar-refractivity contribution in [1.29, 1.82) is 0 Å². The first kappa shape index (κ1) is 14.2. The number of aromatic nitrogens is 2. The van der Waals surface area contributed by atoms with Gasteiger partial charge in [-0.25, -0.2) is 4.98 Å². The van der Waals surface area contributed by atoms with Gasteiger partial charge >= 0.3 is 0 Å². The van der Waals surface area contributed by atoms with Gasteiger partial charge in [0.15, 0.2) is 0 Å². The number of nitrogens with zero attached hydrogens (tertiary/aromatic N) is 2. The quantitative estimate of drug-likeness (QED) is 0.576. The number of phenols is 2. The van der Waals surface area contributed by atoms with E-state index in [1.165, 1.54) is 0 Å². The van der Waals surface area contributed by atoms with E-state index >= 15 is 0 Å². The zero-order chi connectivity index (χ0) is 16.5. The molecule has 0 amide bonds. The first-order valence-corrected chi connectivity index (χ1v) is 7.55. The molecule has 0 fully saturated rings. The Hall–Kier alpha value is -3.40. The molecule has 0 atom stereocenters. The van der Waals surface area contributed by atoms with Gasteiger partial charge in [0.25, 0.3) is 0 Å². The molecule has 0 bridgehead atoms. The van der Waals surface area contributed by atoms with E-state index in [4.69, 9.17) is 0 Å². The first-order valence-electron chi connectivity index (χ1n) is 7.55. The average molecular weight is 314 g/mol. The van der Waals surface area contributed by atoms with Gasteiger partial charge in [-0.3, -0.25) is 4.98 Å². The van der Waals surface area contributed by atoms with E-state index in [1.54, 1.807) is 36.5 Å². The van der Waals surface area contributed by atoms with E-state index in [-0.39, 0.29) is 11.5 Å². The Labute approximate surface area is 138 Å². The minimum Gasteiger partial charge on any atom is -0.508 e. The molecular weight excluding hydrogens is 300 g/mol. The monoisotopic (exact) mass is 314 g/mol. The van der Waals surface area contributed by atoms with E-state index < -0.39 is 0 Å². The van der Waals surface area contributed by atoms with E-state index in [9.17, 15) is 10.2 Å². The van der Waals surface area contributed by atoms with Crippen LogP contribution >= 0.6 is 0 Å². The molecular formula is C20H14N2O2. The van der Waals surface area contributed by atoms with Crippen LogP contribution in [0.2, 0.25) is 0 Å². The maximum atomic E-state index is 9.64. The molecule has 0 aliphatic carbocycles. The maximum absolute atomic E-state index is 9.64. The van der Waals surface area contributed by atoms with Crippen LogP contribution in [0.25, 0.3) is 33.4 Å². The van der Waals surface area contributed by atoms with Crippen molar-refractivity contribution in [3.05, 3.63) is 72.9 Å². The van der Waals surface area contributed by atoms with Gasteiger partial charge in [-0.1, -0.05) is 12.1 Å². The van der Waals surface area contributed by atoms with E-state index in [2.05, 4.69) is 9.97 Å². The molecule has 4 aromatic rings. The summed E-state index contributed by atoms with van der Waals surface area (Å²) in [7, 11) is 0. The number of benzene rings is 2. The molecule has 0 saturated heterocycles. The summed E-state index contributed by atoms with van der Waals surface area (Å²) in [5.41, 5.74) is 4.19. The average Bonchev–Trinajstić information content (AvgIpc) is 2.61. The van der Waals surface area contributed by atoms with Gasteiger partial charge in [0.05, 0.1) is 16.9 Å². The third kappa shape index (κ3) is 2.65. The van der Waals surface area contributed by atoms with Crippen LogP contribution in [0.3, 0.4) is 0 Å². The van der Waals surface area contributed by atoms with Crippen molar-refractivity contribution >= 4 is 10.9 Å². The number of fused-ring (bicyclic) bond motifs is 1. The van der Waals surface area contributed by atoms with Gasteiger partial charge in [-0.05, 0) is 54.6 Å². The van der Waals surface area contributed by atoms with Crippen molar-refractivity contribution in [1.82, 2.24) is 9.97 Å². The zero-order valence-electron chi connectivity index (χ0n) is 12.7. The fraction of sp³-hybridized carbons (Fsp3) is 0. The van der Waals surface area contributed by atoms with Crippen LogP contribution in [-0.4, -0.2) is 20.2 Å². The summed E-state index contributed by atoms with van der Waals surface area (Å²) >= 11 is 0. The van der Waals surface area contributed by atoms with E-state index in [0.717, 1.165) is 33.4 Å². The van der Waals surface area contributed by atoms with Crippen molar-refractivity contribution in [3.8, 4) is 34.0 Å². The maximum Gasteiger partial charge on any atom is 0.116 e. The molecule has 0 spiro atoms. The summed E-state index contributed by atoms with van der Waals surface area (Å²) in [6.07, 6.45) is 1.79. The molecule has 0 aliphatic heterocycles. The van der Waals surface area contributed by atoms with Crippen LogP contribution in [0.1, 0.15) is 0 Å². The van der Waals surface area contributed by atoms with E-state index in [0.29, 0.717) is 0 Å². The number of rotatable bonds is 2. The Morgan fingerprint density at radius 3 is 2.29 bits per heavy atom. The third-order valence-corrected chi connectivity index (χ3v) is 3.88. The lowest BCUT2D eigenvalue weighted by Gasteiger charge is -2.06. The molecule has 4 nitrogen and oxygen atoms in total. The molecule has 24 heavy (non-hydrogen) atoms. The molecule has 0 saturated carbocycles. The van der Waals surface area contributed by atoms with Gasteiger partial charge in [0.1, 0.15) is 11.5 Å². The van der Waals surface area contributed by atoms with Gasteiger partial charge in [-0.15, -0.1) is 0 Å². The second-order valence-electron chi connectivity index (χ2n) is 5.56. The Bertz CT molecular complexity index is 1030. The number of pyridine rings is 2. The second-order valence-corrected chi connectivity index (χ2v) is 5.56. The summed E-state index contributed by atoms with van der Waals surface area (Å²) in [5.74, 6) is 0.442. The summed E-state index contributed by atoms with van der Waals surface area (Å²) in [6, 6.07) is 19.8. The third-order valence-electron chi connectivity index (χ3n) is 3.88. The highest BCUT2D eigenvalue weighted by Gasteiger charge is 2.06. The number of phenolic OH excluding ortho intramolecular Hbond substituents is 2. The Balaban J connectivity index is 1.82. The van der Waals surface area contributed by atoms with Crippen LogP contribution in [-0.2, 0) is 0 Å². The highest BCUT2D eigenvalue weighted by atomic mass is 16.3. The largest absolute Gasteiger partial charge is 0.508 e. The Morgan fingerprint density at radius 2 is 1.50 bits per heavy atom. The number of aromatic hydroxyl groups is 2. The molecule has 0 aliphatic rings. The SMILES string of the molecule is Oc1ccc(-c2cc3nc(-c4cccc(O)c4)ccc3cn2)cc1. The number of hydrogen-bond donors (Lipinski definition) is 2. The first-order chi connectivity index (χ1) is 11.7. The molecule has 2 aromatic heterocycles. The summed E-state index contributed by atoms with van der Waals surface area (Å²) < 4.78 is 0. The lowest BCUT2D eigenvalue weighted by molar-refractivity contribution is 0.475. The summed E-state index contributed by atoms with van der Waals surface area (Å²) in [4.78, 5) is 9.15. The van der Waals surface area contributed by atoms with Gasteiger partial charge < -0.3 is 10.2 Å². The van der Waals surface area contributed by atoms with Crippen molar-refractivity contribution < 1.29 is 10.2 Å². The standard InChI is InChI=1S/C20H14N2O2/c23-16-7-4-13(5-8-16)19-11-20-15(12-21-19)6-9-18(22-20)14-2-1-3-17(24)10-14/h1-12,23-24H. The Kier molecular flexibility index (Phi) is 3.35. The lowest BCUT2D eigenvalue weighted by atomic mass is 10.1. The number of hydrogen-bond acceptors (Lipinski definition) is 4. The lowest BCUT2D eigenvalue weighted by Crippen LogP contribution is -1.89. The normalized spacial score (nSPS) is 10.8. The Morgan fingerprint density at radius 1 is 0.667 bits per heavy atom. The molecule has 4 rings (SSSR count). The van der Waals surface area contributed by atoms with Crippen molar-refractivity contribution in [3.63, 3.8) is 0 Å². The van der Waals surface area contributed by atoms with Crippen LogP contribution in [0.5, 0.6) is 11.5 Å². The minimum absolute atomic E-state index is 0.217. The van der Waals surface area contributed by atoms with Crippen LogP contribution < -0.4 is 0 Å². The molecule has 2 heterocycles. The molecule has 0 radical (unpaired) electrons. The van der Waals surface area contributed by atoms with Crippen molar-refractivity contribution in [2.24, 2.45) is 0 Å². The fourth-order valence-corrected chi connectivity index (χ4v) is 2.63. The highest BCUT2D eigenvalue weighted by molar-refractivity contribution is 5.84. The van der Waals surface area contributed by atoms with Crippen molar-refractivity contribution in [2.75, 3.05) is 0 Å². The minimum atomic E-state index is 0.217. The smallest absolute Gasteiger partial charge is 0.116 e. The molecule has 4 heteroatoms. The molecule has 116 valence electrons. The van der Waals surface area contributed by atoms with Crippen LogP contribution in [0, 0.1) is 0 Å². The van der Waals surface area contributed by atoms with Crippen LogP contribution in [0.4, 0.5) is 0 Å². The molecule has 2 aromatic carbocycles. The zero-order valence-corrected chi connectivity index (χ0v) is 12.7. The van der Waals surface area contributed by atoms with Gasteiger partial charge in [0, 0.05) is 22.7 Å². The highest BCUT2D eigenvalue weighted by Crippen LogP contribution is 2.26. The predicted octanol–water partition coefficient (Wildman–Crippen LogP) is 4.38. The van der Waals surface area contributed by atoms with Gasteiger partial charge in [0.2, 0.25) is 0 Å². The molecule has 2 N–H and O–H groups in total. The second kappa shape index (κ2) is 5.66. The van der Waals surface area contributed by atoms with Gasteiger partial charge in [-0.2, -0.15) is 0 Å². The predicted molar refractivity (Wildman–Crippen MR) is 93.7 cm³/mol. The topological polar surface area (TPSA) is 66.2 Å². The summed E-state index contributed by atoms with van der Waals surface area (Å²) in [5, 5.41) is 20.0. The fourth-order valence-electron chi connectivity index (χ4n) is 2.63. The van der Waals surface area contributed by atoms with Crippen LogP contribution in [0.15, 0.2) is 72.9 Å². The molecule has 0 unspecified atom stereocenters. The van der Waals surface area contributed by atoms with E-state index in [1.807, 2.05) is 36.4 Å².